The molecular weight excluding hydrogens is 320 g/mol. The molecule has 1 aromatic carbocycles. The molecule has 0 bridgehead atoms. The van der Waals surface area contributed by atoms with Gasteiger partial charge in [0.05, 0.1) is 5.52 Å². The molecule has 2 heterocycles. The second-order valence-corrected chi connectivity index (χ2v) is 6.58. The van der Waals surface area contributed by atoms with Crippen LogP contribution >= 0.6 is 11.3 Å². The van der Waals surface area contributed by atoms with Gasteiger partial charge in [0, 0.05) is 35.3 Å². The smallest absolute Gasteiger partial charge is 0.222 e. The molecule has 3 rings (SSSR count). The van der Waals surface area contributed by atoms with E-state index in [0.29, 0.717) is 18.9 Å². The molecule has 0 atom stereocenters. The van der Waals surface area contributed by atoms with E-state index >= 15 is 0 Å². The molecule has 0 aliphatic carbocycles. The molecule has 0 saturated carbocycles. The molecule has 1 amide bonds. The maximum absolute atomic E-state index is 11.6. The number of amides is 1. The summed E-state index contributed by atoms with van der Waals surface area (Å²) >= 11 is 1.63. The average Bonchev–Trinajstić information content (AvgIpc) is 3.12. The Morgan fingerprint density at radius 1 is 1.17 bits per heavy atom. The van der Waals surface area contributed by atoms with Gasteiger partial charge in [0.1, 0.15) is 5.82 Å². The fraction of sp³-hybridized carbons (Fsp3) is 0.278. The van der Waals surface area contributed by atoms with E-state index in [-0.39, 0.29) is 11.8 Å². The minimum atomic E-state index is -0.00456. The second-order valence-electron chi connectivity index (χ2n) is 5.80. The maximum Gasteiger partial charge on any atom is 0.222 e. The molecule has 0 saturated heterocycles. The predicted molar refractivity (Wildman–Crippen MR) is 99.2 cm³/mol. The predicted octanol–water partition coefficient (Wildman–Crippen LogP) is 3.54. The average molecular weight is 340 g/mol. The van der Waals surface area contributed by atoms with Crippen LogP contribution in [0.4, 0.5) is 5.82 Å². The van der Waals surface area contributed by atoms with Gasteiger partial charge in [0.25, 0.3) is 0 Å². The standard InChI is InChI=1S/C18H20N4OS/c1-12(2)18(23)20-9-8-19-17-14-5-3-4-6-15(14)21-16(22-17)13-7-10-24-11-13/h3-7,10-12H,8-9H2,1-2H3,(H,20,23)(H,19,21,22). The highest BCUT2D eigenvalue weighted by molar-refractivity contribution is 7.08. The van der Waals surface area contributed by atoms with Crippen LogP contribution in [0.25, 0.3) is 22.3 Å². The first-order chi connectivity index (χ1) is 11.6. The van der Waals surface area contributed by atoms with Gasteiger partial charge >= 0.3 is 0 Å². The van der Waals surface area contributed by atoms with Crippen molar-refractivity contribution in [2.45, 2.75) is 13.8 Å². The van der Waals surface area contributed by atoms with Crippen LogP contribution in [0.2, 0.25) is 0 Å². The fourth-order valence-corrected chi connectivity index (χ4v) is 2.94. The first-order valence-electron chi connectivity index (χ1n) is 7.96. The number of benzene rings is 1. The lowest BCUT2D eigenvalue weighted by Gasteiger charge is -2.12. The van der Waals surface area contributed by atoms with E-state index in [1.54, 1.807) is 11.3 Å². The maximum atomic E-state index is 11.6. The van der Waals surface area contributed by atoms with Crippen molar-refractivity contribution < 1.29 is 4.79 Å². The summed E-state index contributed by atoms with van der Waals surface area (Å²) in [5.74, 6) is 1.56. The highest BCUT2D eigenvalue weighted by atomic mass is 32.1. The second kappa shape index (κ2) is 7.40. The third kappa shape index (κ3) is 3.71. The molecule has 5 nitrogen and oxygen atoms in total. The van der Waals surface area contributed by atoms with Gasteiger partial charge < -0.3 is 10.6 Å². The summed E-state index contributed by atoms with van der Waals surface area (Å²) < 4.78 is 0. The van der Waals surface area contributed by atoms with Crippen molar-refractivity contribution in [1.82, 2.24) is 15.3 Å². The summed E-state index contributed by atoms with van der Waals surface area (Å²) in [5.41, 5.74) is 1.92. The third-order valence-electron chi connectivity index (χ3n) is 3.62. The SMILES string of the molecule is CC(C)C(=O)NCCNc1nc(-c2ccsc2)nc2ccccc12. The molecule has 24 heavy (non-hydrogen) atoms. The molecule has 2 aromatic heterocycles. The van der Waals surface area contributed by atoms with Gasteiger partial charge in [0.15, 0.2) is 5.82 Å². The number of nitrogens with one attached hydrogen (secondary N) is 2. The molecule has 2 N–H and O–H groups in total. The number of carbonyl (C=O) groups is 1. The zero-order chi connectivity index (χ0) is 16.9. The molecule has 0 spiro atoms. The van der Waals surface area contributed by atoms with E-state index < -0.39 is 0 Å². The molecule has 0 radical (unpaired) electrons. The van der Waals surface area contributed by atoms with Crippen LogP contribution in [-0.4, -0.2) is 29.0 Å². The number of fused-ring (bicyclic) bond motifs is 1. The molecule has 3 aromatic rings. The van der Waals surface area contributed by atoms with Gasteiger partial charge in [-0.15, -0.1) is 0 Å². The highest BCUT2D eigenvalue weighted by Crippen LogP contribution is 2.25. The van der Waals surface area contributed by atoms with E-state index in [0.717, 1.165) is 22.3 Å². The first kappa shape index (κ1) is 16.4. The number of hydrogen-bond acceptors (Lipinski definition) is 5. The number of thiophene rings is 1. The van der Waals surface area contributed by atoms with Gasteiger partial charge in [-0.3, -0.25) is 4.79 Å². The van der Waals surface area contributed by atoms with Crippen molar-refractivity contribution in [3.63, 3.8) is 0 Å². The fourth-order valence-electron chi connectivity index (χ4n) is 2.30. The summed E-state index contributed by atoms with van der Waals surface area (Å²) in [6, 6.07) is 9.95. The van der Waals surface area contributed by atoms with E-state index in [9.17, 15) is 4.79 Å². The number of rotatable bonds is 6. The number of aromatic nitrogens is 2. The van der Waals surface area contributed by atoms with Crippen LogP contribution in [-0.2, 0) is 4.79 Å². The summed E-state index contributed by atoms with van der Waals surface area (Å²) in [6.45, 7) is 4.94. The lowest BCUT2D eigenvalue weighted by atomic mass is 10.2. The monoisotopic (exact) mass is 340 g/mol. The zero-order valence-electron chi connectivity index (χ0n) is 13.7. The first-order valence-corrected chi connectivity index (χ1v) is 8.90. The molecule has 0 aliphatic heterocycles. The summed E-state index contributed by atoms with van der Waals surface area (Å²) in [7, 11) is 0. The van der Waals surface area contributed by atoms with E-state index in [1.165, 1.54) is 0 Å². The largest absolute Gasteiger partial charge is 0.368 e. The highest BCUT2D eigenvalue weighted by Gasteiger charge is 2.10. The number of nitrogens with zero attached hydrogens (tertiary/aromatic N) is 2. The third-order valence-corrected chi connectivity index (χ3v) is 4.31. The Labute approximate surface area is 145 Å². The van der Waals surface area contributed by atoms with Crippen LogP contribution in [0.3, 0.4) is 0 Å². The van der Waals surface area contributed by atoms with Crippen LogP contribution in [0.1, 0.15) is 13.8 Å². The topological polar surface area (TPSA) is 66.9 Å². The van der Waals surface area contributed by atoms with Crippen LogP contribution in [0.15, 0.2) is 41.1 Å². The molecule has 124 valence electrons. The van der Waals surface area contributed by atoms with Crippen molar-refractivity contribution in [1.29, 1.82) is 0 Å². The Hall–Kier alpha value is -2.47. The molecule has 0 unspecified atom stereocenters. The normalized spacial score (nSPS) is 11.0. The molecule has 0 fully saturated rings. The van der Waals surface area contributed by atoms with Crippen molar-refractivity contribution in [2.24, 2.45) is 5.92 Å². The summed E-state index contributed by atoms with van der Waals surface area (Å²) in [6.07, 6.45) is 0. The van der Waals surface area contributed by atoms with Gasteiger partial charge in [-0.2, -0.15) is 11.3 Å². The number of para-hydroxylation sites is 1. The molecule has 0 aliphatic rings. The van der Waals surface area contributed by atoms with E-state index in [2.05, 4.69) is 20.6 Å². The van der Waals surface area contributed by atoms with Crippen molar-refractivity contribution in [2.75, 3.05) is 18.4 Å². The van der Waals surface area contributed by atoms with Gasteiger partial charge in [-0.05, 0) is 23.6 Å². The zero-order valence-corrected chi connectivity index (χ0v) is 14.6. The number of hydrogen-bond donors (Lipinski definition) is 2. The molecular formula is C18H20N4OS. The Morgan fingerprint density at radius 3 is 2.75 bits per heavy atom. The Morgan fingerprint density at radius 2 is 2.00 bits per heavy atom. The van der Waals surface area contributed by atoms with E-state index in [1.807, 2.05) is 54.9 Å². The minimum Gasteiger partial charge on any atom is -0.368 e. The lowest BCUT2D eigenvalue weighted by Crippen LogP contribution is -2.32. The van der Waals surface area contributed by atoms with Gasteiger partial charge in [-0.1, -0.05) is 26.0 Å². The number of anilines is 1. The Bertz CT molecular complexity index is 830. The number of carbonyl (C=O) groups excluding carboxylic acids is 1. The Balaban J connectivity index is 1.80. The Kier molecular flexibility index (Phi) is 5.05. The van der Waals surface area contributed by atoms with Crippen LogP contribution in [0.5, 0.6) is 0 Å². The molecule has 6 heteroatoms. The van der Waals surface area contributed by atoms with Crippen molar-refractivity contribution in [3.05, 3.63) is 41.1 Å². The van der Waals surface area contributed by atoms with Crippen molar-refractivity contribution in [3.8, 4) is 11.4 Å². The van der Waals surface area contributed by atoms with Gasteiger partial charge in [-0.25, -0.2) is 9.97 Å². The van der Waals surface area contributed by atoms with Crippen LogP contribution < -0.4 is 10.6 Å². The van der Waals surface area contributed by atoms with Crippen LogP contribution in [0, 0.1) is 5.92 Å². The lowest BCUT2D eigenvalue weighted by molar-refractivity contribution is -0.123. The van der Waals surface area contributed by atoms with Crippen molar-refractivity contribution >= 4 is 34.0 Å². The van der Waals surface area contributed by atoms with Gasteiger partial charge in [0.2, 0.25) is 5.91 Å². The summed E-state index contributed by atoms with van der Waals surface area (Å²) in [4.78, 5) is 20.9. The summed E-state index contributed by atoms with van der Waals surface area (Å²) in [5, 5.41) is 11.3. The van der Waals surface area contributed by atoms with E-state index in [4.69, 9.17) is 0 Å². The minimum absolute atomic E-state index is 0.00456. The quantitative estimate of drug-likeness (QED) is 0.674.